The predicted molar refractivity (Wildman–Crippen MR) is 142 cm³/mol. The lowest BCUT2D eigenvalue weighted by Crippen LogP contribution is -2.13. The Morgan fingerprint density at radius 3 is 2.46 bits per heavy atom. The second-order valence-electron chi connectivity index (χ2n) is 8.75. The number of benzene rings is 2. The van der Waals surface area contributed by atoms with Gasteiger partial charge in [-0.2, -0.15) is 10.1 Å². The van der Waals surface area contributed by atoms with Crippen LogP contribution in [-0.2, 0) is 11.8 Å². The molecule has 0 unspecified atom stereocenters. The fourth-order valence-corrected chi connectivity index (χ4v) is 3.47. The van der Waals surface area contributed by atoms with Gasteiger partial charge in [-0.15, -0.1) is 0 Å². The fourth-order valence-electron chi connectivity index (χ4n) is 3.47. The van der Waals surface area contributed by atoms with Crippen LogP contribution >= 0.6 is 0 Å². The summed E-state index contributed by atoms with van der Waals surface area (Å²) < 4.78 is 44.7. The first-order valence-corrected chi connectivity index (χ1v) is 11.6. The van der Waals surface area contributed by atoms with E-state index in [1.165, 1.54) is 30.6 Å². The van der Waals surface area contributed by atoms with E-state index in [4.69, 9.17) is 0 Å². The summed E-state index contributed by atoms with van der Waals surface area (Å²) >= 11 is 0. The molecule has 0 bridgehead atoms. The van der Waals surface area contributed by atoms with Gasteiger partial charge < -0.3 is 26.0 Å². The van der Waals surface area contributed by atoms with Crippen molar-refractivity contribution in [3.8, 4) is 16.9 Å². The summed E-state index contributed by atoms with van der Waals surface area (Å²) in [4.78, 5) is 22.7. The first-order chi connectivity index (χ1) is 18.6. The third kappa shape index (κ3) is 6.90. The molecule has 10 nitrogen and oxygen atoms in total. The van der Waals surface area contributed by atoms with Crippen LogP contribution in [0.5, 0.6) is 5.75 Å². The quantitative estimate of drug-likeness (QED) is 0.229. The highest BCUT2D eigenvalue weighted by Gasteiger charge is 2.17. The van der Waals surface area contributed by atoms with Crippen molar-refractivity contribution >= 4 is 34.7 Å². The average Bonchev–Trinajstić information content (AvgIpc) is 3.28. The molecule has 1 amide bonds. The van der Waals surface area contributed by atoms with Crippen molar-refractivity contribution in [1.82, 2.24) is 24.6 Å². The summed E-state index contributed by atoms with van der Waals surface area (Å²) in [5, 5.41) is 22.0. The number of aromatic hydroxyl groups is 1. The lowest BCUT2D eigenvalue weighted by atomic mass is 10.1. The molecule has 0 saturated heterocycles. The third-order valence-corrected chi connectivity index (χ3v) is 5.30. The molecule has 2 aromatic heterocycles. The molecule has 4 rings (SSSR count). The van der Waals surface area contributed by atoms with Crippen molar-refractivity contribution in [2.45, 2.75) is 0 Å². The number of carbonyl (C=O) groups is 1. The van der Waals surface area contributed by atoms with E-state index in [9.17, 15) is 23.1 Å². The van der Waals surface area contributed by atoms with Gasteiger partial charge in [0.05, 0.1) is 17.6 Å². The van der Waals surface area contributed by atoms with Gasteiger partial charge in [-0.05, 0) is 50.0 Å². The number of nitrogens with one attached hydrogen (secondary N) is 3. The van der Waals surface area contributed by atoms with E-state index in [2.05, 4.69) is 31.0 Å². The van der Waals surface area contributed by atoms with E-state index in [0.717, 1.165) is 18.2 Å². The SMILES string of the molecule is CN(C)C/C=C/C(=O)Nc1ccc(F)c(Nc2nc(Nc3cnn(C)c3)ncc2-c2cc(F)c(O)c(F)c2)c1. The van der Waals surface area contributed by atoms with Crippen LogP contribution in [-0.4, -0.2) is 56.3 Å². The van der Waals surface area contributed by atoms with E-state index in [1.54, 1.807) is 24.0 Å². The molecule has 4 aromatic rings. The molecule has 0 atom stereocenters. The lowest BCUT2D eigenvalue weighted by Gasteiger charge is -2.15. The molecule has 0 saturated carbocycles. The van der Waals surface area contributed by atoms with Crippen molar-refractivity contribution in [3.05, 3.63) is 78.5 Å². The van der Waals surface area contributed by atoms with E-state index in [1.807, 2.05) is 19.0 Å². The second-order valence-corrected chi connectivity index (χ2v) is 8.75. The van der Waals surface area contributed by atoms with Crippen molar-refractivity contribution in [2.75, 3.05) is 36.6 Å². The van der Waals surface area contributed by atoms with Gasteiger partial charge >= 0.3 is 0 Å². The normalized spacial score (nSPS) is 11.3. The van der Waals surface area contributed by atoms with Crippen LogP contribution in [0.2, 0.25) is 0 Å². The summed E-state index contributed by atoms with van der Waals surface area (Å²) in [7, 11) is 5.45. The van der Waals surface area contributed by atoms with E-state index in [0.29, 0.717) is 17.9 Å². The molecule has 2 aromatic carbocycles. The highest BCUT2D eigenvalue weighted by atomic mass is 19.1. The maximum atomic E-state index is 14.8. The first kappa shape index (κ1) is 27.1. The van der Waals surface area contributed by atoms with Gasteiger partial charge in [-0.1, -0.05) is 6.08 Å². The van der Waals surface area contributed by atoms with Gasteiger partial charge in [0.2, 0.25) is 11.9 Å². The Morgan fingerprint density at radius 2 is 1.79 bits per heavy atom. The number of nitrogens with zero attached hydrogens (tertiary/aromatic N) is 5. The number of phenols is 1. The first-order valence-electron chi connectivity index (χ1n) is 11.6. The number of hydrogen-bond acceptors (Lipinski definition) is 8. The van der Waals surface area contributed by atoms with Gasteiger partial charge in [0.25, 0.3) is 0 Å². The topological polar surface area (TPSA) is 120 Å². The standard InChI is InChI=1S/C26H25F3N8O2/c1-36(2)8-4-5-23(38)32-16-6-7-19(27)22(11-16)34-25-18(15-9-20(28)24(39)21(29)10-15)13-30-26(35-25)33-17-12-31-37(3)14-17/h4-7,9-14,39H,8H2,1-3H3,(H,32,38)(H2,30,33,34,35)/b5-4+. The molecular weight excluding hydrogens is 513 g/mol. The van der Waals surface area contributed by atoms with E-state index in [-0.39, 0.29) is 28.6 Å². The number of rotatable bonds is 9. The number of halogens is 3. The summed E-state index contributed by atoms with van der Waals surface area (Å²) in [6, 6.07) is 5.70. The van der Waals surface area contributed by atoms with E-state index < -0.39 is 29.1 Å². The highest BCUT2D eigenvalue weighted by Crippen LogP contribution is 2.34. The number of likely N-dealkylation sites (N-methyl/N-ethyl adjacent to an activating group) is 1. The van der Waals surface area contributed by atoms with Gasteiger partial charge in [-0.3, -0.25) is 9.48 Å². The van der Waals surface area contributed by atoms with Gasteiger partial charge in [0.1, 0.15) is 11.6 Å². The molecule has 39 heavy (non-hydrogen) atoms. The fraction of sp³-hybridized carbons (Fsp3) is 0.154. The molecule has 0 fully saturated rings. The van der Waals surface area contributed by atoms with Crippen molar-refractivity contribution in [2.24, 2.45) is 7.05 Å². The smallest absolute Gasteiger partial charge is 0.248 e. The van der Waals surface area contributed by atoms with Crippen LogP contribution in [0.15, 0.2) is 61.1 Å². The minimum absolute atomic E-state index is 0.00543. The van der Waals surface area contributed by atoms with Crippen LogP contribution in [0.1, 0.15) is 0 Å². The Balaban J connectivity index is 1.69. The number of amides is 1. The lowest BCUT2D eigenvalue weighted by molar-refractivity contribution is -0.111. The summed E-state index contributed by atoms with van der Waals surface area (Å²) in [5.41, 5.74) is 0.900. The minimum atomic E-state index is -1.19. The second kappa shape index (κ2) is 11.6. The Labute approximate surface area is 221 Å². The molecule has 2 heterocycles. The van der Waals surface area contributed by atoms with Crippen LogP contribution in [0.3, 0.4) is 0 Å². The van der Waals surface area contributed by atoms with Crippen LogP contribution < -0.4 is 16.0 Å². The molecule has 4 N–H and O–H groups in total. The van der Waals surface area contributed by atoms with Crippen LogP contribution in [0, 0.1) is 17.5 Å². The number of aryl methyl sites for hydroxylation is 1. The zero-order valence-electron chi connectivity index (χ0n) is 21.2. The maximum absolute atomic E-state index is 14.8. The van der Waals surface area contributed by atoms with Crippen molar-refractivity contribution < 1.29 is 23.1 Å². The molecule has 0 aliphatic carbocycles. The maximum Gasteiger partial charge on any atom is 0.248 e. The molecule has 13 heteroatoms. The zero-order chi connectivity index (χ0) is 28.1. The molecule has 0 spiro atoms. The number of aromatic nitrogens is 4. The molecule has 0 aliphatic rings. The number of anilines is 5. The van der Waals surface area contributed by atoms with Crippen molar-refractivity contribution in [3.63, 3.8) is 0 Å². The Morgan fingerprint density at radius 1 is 1.05 bits per heavy atom. The molecule has 202 valence electrons. The Kier molecular flexibility index (Phi) is 8.10. The van der Waals surface area contributed by atoms with Gasteiger partial charge in [-0.25, -0.2) is 18.2 Å². The van der Waals surface area contributed by atoms with Crippen LogP contribution in [0.25, 0.3) is 11.1 Å². The summed E-state index contributed by atoms with van der Waals surface area (Å²) in [5.74, 6) is -4.50. The minimum Gasteiger partial charge on any atom is -0.503 e. The third-order valence-electron chi connectivity index (χ3n) is 5.30. The Bertz CT molecular complexity index is 1510. The summed E-state index contributed by atoms with van der Waals surface area (Å²) in [6.45, 7) is 0.563. The molecular formula is C26H25F3N8O2. The van der Waals surface area contributed by atoms with Crippen molar-refractivity contribution in [1.29, 1.82) is 0 Å². The van der Waals surface area contributed by atoms with Crippen LogP contribution in [0.4, 0.5) is 42.0 Å². The average molecular weight is 539 g/mol. The number of phenolic OH excluding ortho intramolecular Hbond substituents is 1. The largest absolute Gasteiger partial charge is 0.503 e. The highest BCUT2D eigenvalue weighted by molar-refractivity contribution is 5.99. The predicted octanol–water partition coefficient (Wildman–Crippen LogP) is 4.54. The monoisotopic (exact) mass is 538 g/mol. The van der Waals surface area contributed by atoms with Gasteiger partial charge in [0.15, 0.2) is 17.4 Å². The number of carbonyl (C=O) groups excluding carboxylic acids is 1. The Hall–Kier alpha value is -4.91. The molecule has 0 aliphatic heterocycles. The zero-order valence-corrected chi connectivity index (χ0v) is 21.2. The van der Waals surface area contributed by atoms with Gasteiger partial charge in [0, 0.05) is 43.3 Å². The molecule has 0 radical (unpaired) electrons. The summed E-state index contributed by atoms with van der Waals surface area (Å²) in [6.07, 6.45) is 7.54. The van der Waals surface area contributed by atoms with E-state index >= 15 is 0 Å². The number of hydrogen-bond donors (Lipinski definition) is 4.